The van der Waals surface area contributed by atoms with E-state index in [9.17, 15) is 13.2 Å². The standard InChI is InChI=1S/C15H21NO6S/c1-10(2)22-15(17)11(3)9-16-23(18,19)12-4-5-13-14(8-12)21-7-6-20-13/h4-5,8,10-11,16H,6-7,9H2,1-3H3. The Morgan fingerprint density at radius 3 is 2.52 bits per heavy atom. The molecular formula is C15H21NO6S. The summed E-state index contributed by atoms with van der Waals surface area (Å²) in [5, 5.41) is 0. The van der Waals surface area contributed by atoms with Gasteiger partial charge in [0.05, 0.1) is 16.9 Å². The molecule has 2 rings (SSSR count). The van der Waals surface area contributed by atoms with Crippen molar-refractivity contribution in [3.8, 4) is 11.5 Å². The highest BCUT2D eigenvalue weighted by atomic mass is 32.2. The third-order valence-corrected chi connectivity index (χ3v) is 4.58. The molecule has 1 aliphatic rings. The van der Waals surface area contributed by atoms with Gasteiger partial charge >= 0.3 is 5.97 Å². The molecule has 1 aliphatic heterocycles. The molecule has 23 heavy (non-hydrogen) atoms. The van der Waals surface area contributed by atoms with Crippen molar-refractivity contribution >= 4 is 16.0 Å². The molecular weight excluding hydrogens is 322 g/mol. The number of carbonyl (C=O) groups excluding carboxylic acids is 1. The lowest BCUT2D eigenvalue weighted by Crippen LogP contribution is -2.33. The van der Waals surface area contributed by atoms with Gasteiger partial charge in [0.25, 0.3) is 0 Å². The molecule has 0 spiro atoms. The lowest BCUT2D eigenvalue weighted by atomic mass is 10.2. The predicted molar refractivity (Wildman–Crippen MR) is 83.0 cm³/mol. The summed E-state index contributed by atoms with van der Waals surface area (Å²) >= 11 is 0. The zero-order chi connectivity index (χ0) is 17.0. The van der Waals surface area contributed by atoms with Crippen LogP contribution in [-0.2, 0) is 19.6 Å². The van der Waals surface area contributed by atoms with Crippen LogP contribution in [0.4, 0.5) is 0 Å². The Balaban J connectivity index is 2.03. The van der Waals surface area contributed by atoms with Crippen molar-refractivity contribution in [3.05, 3.63) is 18.2 Å². The number of benzene rings is 1. The van der Waals surface area contributed by atoms with Crippen LogP contribution in [0.25, 0.3) is 0 Å². The maximum absolute atomic E-state index is 12.3. The van der Waals surface area contributed by atoms with E-state index in [0.29, 0.717) is 24.7 Å². The first kappa shape index (κ1) is 17.6. The van der Waals surface area contributed by atoms with Gasteiger partial charge in [-0.25, -0.2) is 13.1 Å². The minimum absolute atomic E-state index is 0.0394. The quantitative estimate of drug-likeness (QED) is 0.784. The zero-order valence-corrected chi connectivity index (χ0v) is 14.2. The van der Waals surface area contributed by atoms with Crippen LogP contribution in [-0.4, -0.2) is 40.2 Å². The van der Waals surface area contributed by atoms with E-state index >= 15 is 0 Å². The smallest absolute Gasteiger partial charge is 0.310 e. The van der Waals surface area contributed by atoms with Crippen molar-refractivity contribution in [1.82, 2.24) is 4.72 Å². The normalized spacial score (nSPS) is 15.3. The average Bonchev–Trinajstić information content (AvgIpc) is 2.51. The summed E-state index contributed by atoms with van der Waals surface area (Å²) in [5.41, 5.74) is 0. The largest absolute Gasteiger partial charge is 0.486 e. The number of rotatable bonds is 6. The van der Waals surface area contributed by atoms with Crippen molar-refractivity contribution < 1.29 is 27.4 Å². The molecule has 1 atom stereocenters. The Labute approximate surface area is 136 Å². The van der Waals surface area contributed by atoms with Gasteiger partial charge in [-0.1, -0.05) is 6.92 Å². The molecule has 1 unspecified atom stereocenters. The molecule has 0 saturated carbocycles. The van der Waals surface area contributed by atoms with E-state index in [1.54, 1.807) is 26.8 Å². The molecule has 0 aliphatic carbocycles. The molecule has 0 saturated heterocycles. The number of carbonyl (C=O) groups is 1. The second-order valence-electron chi connectivity index (χ2n) is 5.54. The number of esters is 1. The van der Waals surface area contributed by atoms with Gasteiger partial charge in [-0.15, -0.1) is 0 Å². The summed E-state index contributed by atoms with van der Waals surface area (Å²) in [6, 6.07) is 4.40. The number of nitrogens with one attached hydrogen (secondary N) is 1. The van der Waals surface area contributed by atoms with Gasteiger partial charge in [0.2, 0.25) is 10.0 Å². The van der Waals surface area contributed by atoms with Crippen LogP contribution < -0.4 is 14.2 Å². The lowest BCUT2D eigenvalue weighted by molar-refractivity contribution is -0.151. The zero-order valence-electron chi connectivity index (χ0n) is 13.4. The molecule has 1 N–H and O–H groups in total. The first-order valence-electron chi connectivity index (χ1n) is 7.39. The van der Waals surface area contributed by atoms with Gasteiger partial charge in [-0.05, 0) is 26.0 Å². The Bertz CT molecular complexity index is 671. The highest BCUT2D eigenvalue weighted by Crippen LogP contribution is 2.32. The molecule has 1 heterocycles. The number of hydrogen-bond acceptors (Lipinski definition) is 6. The lowest BCUT2D eigenvalue weighted by Gasteiger charge is -2.19. The van der Waals surface area contributed by atoms with E-state index in [2.05, 4.69) is 4.72 Å². The Hall–Kier alpha value is -1.80. The minimum atomic E-state index is -3.74. The van der Waals surface area contributed by atoms with Gasteiger partial charge in [-0.2, -0.15) is 0 Å². The molecule has 0 radical (unpaired) electrons. The third kappa shape index (κ3) is 4.59. The number of sulfonamides is 1. The van der Waals surface area contributed by atoms with E-state index in [4.69, 9.17) is 14.2 Å². The van der Waals surface area contributed by atoms with Crippen molar-refractivity contribution in [1.29, 1.82) is 0 Å². The molecule has 1 aromatic carbocycles. The van der Waals surface area contributed by atoms with Crippen molar-refractivity contribution in [2.75, 3.05) is 19.8 Å². The topological polar surface area (TPSA) is 90.9 Å². The van der Waals surface area contributed by atoms with Crippen molar-refractivity contribution in [2.24, 2.45) is 5.92 Å². The third-order valence-electron chi connectivity index (χ3n) is 3.16. The maximum atomic E-state index is 12.3. The summed E-state index contributed by atoms with van der Waals surface area (Å²) in [6.45, 7) is 5.86. The maximum Gasteiger partial charge on any atom is 0.310 e. The molecule has 0 aromatic heterocycles. The first-order chi connectivity index (χ1) is 10.8. The summed E-state index contributed by atoms with van der Waals surface area (Å²) in [5.74, 6) is -0.107. The van der Waals surface area contributed by atoms with E-state index in [1.807, 2.05) is 0 Å². The average molecular weight is 343 g/mol. The molecule has 0 amide bonds. The van der Waals surface area contributed by atoms with E-state index < -0.39 is 21.9 Å². The van der Waals surface area contributed by atoms with Crippen LogP contribution in [0.1, 0.15) is 20.8 Å². The van der Waals surface area contributed by atoms with Crippen LogP contribution in [0.2, 0.25) is 0 Å². The molecule has 128 valence electrons. The highest BCUT2D eigenvalue weighted by molar-refractivity contribution is 7.89. The van der Waals surface area contributed by atoms with Gasteiger partial charge in [-0.3, -0.25) is 4.79 Å². The van der Waals surface area contributed by atoms with E-state index in [1.165, 1.54) is 12.1 Å². The summed E-state index contributed by atoms with van der Waals surface area (Å²) in [7, 11) is -3.74. The summed E-state index contributed by atoms with van der Waals surface area (Å²) < 4.78 is 42.8. The van der Waals surface area contributed by atoms with Crippen molar-refractivity contribution in [3.63, 3.8) is 0 Å². The van der Waals surface area contributed by atoms with Gasteiger partial charge in [0.1, 0.15) is 13.2 Å². The monoisotopic (exact) mass is 343 g/mol. The second kappa shape index (κ2) is 7.18. The van der Waals surface area contributed by atoms with Gasteiger partial charge in [0, 0.05) is 12.6 Å². The molecule has 7 nitrogen and oxygen atoms in total. The SMILES string of the molecule is CC(C)OC(=O)C(C)CNS(=O)(=O)c1ccc2c(c1)OCCO2. The summed E-state index contributed by atoms with van der Waals surface area (Å²) in [4.78, 5) is 11.8. The van der Waals surface area contributed by atoms with Crippen LogP contribution in [0.5, 0.6) is 11.5 Å². The van der Waals surface area contributed by atoms with Crippen LogP contribution >= 0.6 is 0 Å². The van der Waals surface area contributed by atoms with E-state index in [-0.39, 0.29) is 17.5 Å². The minimum Gasteiger partial charge on any atom is -0.486 e. The number of fused-ring (bicyclic) bond motifs is 1. The predicted octanol–water partition coefficient (Wildman–Crippen LogP) is 1.32. The molecule has 1 aromatic rings. The molecule has 0 fully saturated rings. The fourth-order valence-electron chi connectivity index (χ4n) is 1.94. The number of ether oxygens (including phenoxy) is 3. The fourth-order valence-corrected chi connectivity index (χ4v) is 3.09. The molecule has 0 bridgehead atoms. The Morgan fingerprint density at radius 1 is 1.22 bits per heavy atom. The summed E-state index contributed by atoms with van der Waals surface area (Å²) in [6.07, 6.45) is -0.237. The Morgan fingerprint density at radius 2 is 1.87 bits per heavy atom. The first-order valence-corrected chi connectivity index (χ1v) is 8.87. The number of hydrogen-bond donors (Lipinski definition) is 1. The molecule has 8 heteroatoms. The van der Waals surface area contributed by atoms with Crippen molar-refractivity contribution in [2.45, 2.75) is 31.8 Å². The van der Waals surface area contributed by atoms with E-state index in [0.717, 1.165) is 0 Å². The van der Waals surface area contributed by atoms with Gasteiger partial charge < -0.3 is 14.2 Å². The fraction of sp³-hybridized carbons (Fsp3) is 0.533. The Kier molecular flexibility index (Phi) is 5.48. The second-order valence-corrected chi connectivity index (χ2v) is 7.31. The highest BCUT2D eigenvalue weighted by Gasteiger charge is 2.22. The van der Waals surface area contributed by atoms with Crippen LogP contribution in [0, 0.1) is 5.92 Å². The van der Waals surface area contributed by atoms with Gasteiger partial charge in [0.15, 0.2) is 11.5 Å². The van der Waals surface area contributed by atoms with Crippen LogP contribution in [0.15, 0.2) is 23.1 Å². The van der Waals surface area contributed by atoms with Crippen LogP contribution in [0.3, 0.4) is 0 Å².